The Morgan fingerprint density at radius 2 is 1.64 bits per heavy atom. The van der Waals surface area contributed by atoms with Crippen LogP contribution in [0.3, 0.4) is 0 Å². The van der Waals surface area contributed by atoms with Crippen molar-refractivity contribution in [2.75, 3.05) is 39.3 Å². The molecule has 0 fully saturated rings. The summed E-state index contributed by atoms with van der Waals surface area (Å²) >= 11 is 0. The largest absolute Gasteiger partial charge is 0.357 e. The van der Waals surface area contributed by atoms with E-state index in [1.807, 2.05) is 19.9 Å². The van der Waals surface area contributed by atoms with Gasteiger partial charge < -0.3 is 16.0 Å². The van der Waals surface area contributed by atoms with Gasteiger partial charge in [-0.3, -0.25) is 9.69 Å². The highest BCUT2D eigenvalue weighted by molar-refractivity contribution is 5.84. The molecule has 6 heteroatoms. The molecule has 0 aliphatic carbocycles. The highest BCUT2D eigenvalue weighted by Crippen LogP contribution is 2.19. The average Bonchev–Trinajstić information content (AvgIpc) is 2.64. The zero-order valence-electron chi connectivity index (χ0n) is 16.0. The van der Waals surface area contributed by atoms with Crippen LogP contribution >= 0.6 is 0 Å². The molecule has 1 amide bonds. The molecule has 6 nitrogen and oxygen atoms in total. The van der Waals surface area contributed by atoms with Crippen molar-refractivity contribution in [3.05, 3.63) is 35.9 Å². The minimum absolute atomic E-state index is 0.0666. The lowest BCUT2D eigenvalue weighted by molar-refractivity contribution is -0.119. The van der Waals surface area contributed by atoms with Crippen molar-refractivity contribution in [3.8, 4) is 0 Å². The van der Waals surface area contributed by atoms with Gasteiger partial charge in [-0.25, -0.2) is 4.99 Å². The van der Waals surface area contributed by atoms with Crippen LogP contribution in [0.25, 0.3) is 0 Å². The fraction of sp³-hybridized carbons (Fsp3) is 0.579. The SMILES string of the molecule is CCNC(=O)CN=C(NCC)NCC(c1ccccc1)N(CC)CC. The summed E-state index contributed by atoms with van der Waals surface area (Å²) in [6, 6.07) is 10.7. The van der Waals surface area contributed by atoms with Gasteiger partial charge in [-0.1, -0.05) is 44.2 Å². The standard InChI is InChI=1S/C19H33N5O/c1-5-20-18(25)15-23-19(21-6-2)22-14-17(24(7-3)8-4)16-12-10-9-11-13-16/h9-13,17H,5-8,14-15H2,1-4H3,(H,20,25)(H2,21,22,23). The third-order valence-corrected chi connectivity index (χ3v) is 4.00. The zero-order valence-corrected chi connectivity index (χ0v) is 16.0. The molecule has 1 atom stereocenters. The first-order valence-corrected chi connectivity index (χ1v) is 9.23. The Morgan fingerprint density at radius 1 is 1.00 bits per heavy atom. The van der Waals surface area contributed by atoms with E-state index in [9.17, 15) is 4.79 Å². The molecule has 0 bridgehead atoms. The van der Waals surface area contributed by atoms with Crippen LogP contribution in [-0.4, -0.2) is 56.0 Å². The van der Waals surface area contributed by atoms with Crippen molar-refractivity contribution in [3.63, 3.8) is 0 Å². The van der Waals surface area contributed by atoms with E-state index in [0.717, 1.165) is 26.2 Å². The Morgan fingerprint density at radius 3 is 2.20 bits per heavy atom. The highest BCUT2D eigenvalue weighted by atomic mass is 16.1. The molecular weight excluding hydrogens is 314 g/mol. The Labute approximate surface area is 152 Å². The van der Waals surface area contributed by atoms with Crippen LogP contribution in [0.5, 0.6) is 0 Å². The van der Waals surface area contributed by atoms with Crippen molar-refractivity contribution >= 4 is 11.9 Å². The molecule has 0 aliphatic heterocycles. The molecule has 1 rings (SSSR count). The molecule has 0 radical (unpaired) electrons. The smallest absolute Gasteiger partial charge is 0.241 e. The van der Waals surface area contributed by atoms with Gasteiger partial charge >= 0.3 is 0 Å². The summed E-state index contributed by atoms with van der Waals surface area (Å²) in [6.45, 7) is 12.5. The maximum Gasteiger partial charge on any atom is 0.241 e. The molecule has 0 saturated carbocycles. The van der Waals surface area contributed by atoms with Crippen LogP contribution in [0.15, 0.2) is 35.3 Å². The molecular formula is C19H33N5O. The molecule has 25 heavy (non-hydrogen) atoms. The molecule has 0 saturated heterocycles. The van der Waals surface area contributed by atoms with Crippen molar-refractivity contribution in [2.45, 2.75) is 33.7 Å². The van der Waals surface area contributed by atoms with Crippen LogP contribution in [0.4, 0.5) is 0 Å². The molecule has 0 spiro atoms. The molecule has 1 unspecified atom stereocenters. The maximum absolute atomic E-state index is 11.6. The number of aliphatic imine (C=N–C) groups is 1. The predicted octanol–water partition coefficient (Wildman–Crippen LogP) is 1.76. The van der Waals surface area contributed by atoms with Crippen molar-refractivity contribution in [1.29, 1.82) is 0 Å². The van der Waals surface area contributed by atoms with E-state index < -0.39 is 0 Å². The number of carbonyl (C=O) groups is 1. The van der Waals surface area contributed by atoms with Gasteiger partial charge in [0, 0.05) is 19.6 Å². The lowest BCUT2D eigenvalue weighted by Crippen LogP contribution is -2.43. The first kappa shape index (κ1) is 21.0. The van der Waals surface area contributed by atoms with E-state index in [0.29, 0.717) is 12.5 Å². The van der Waals surface area contributed by atoms with Gasteiger partial charge in [0.15, 0.2) is 5.96 Å². The quantitative estimate of drug-likeness (QED) is 0.446. The number of hydrogen-bond acceptors (Lipinski definition) is 3. The second-order valence-electron chi connectivity index (χ2n) is 5.68. The third kappa shape index (κ3) is 7.56. The summed E-state index contributed by atoms with van der Waals surface area (Å²) < 4.78 is 0. The minimum atomic E-state index is -0.0666. The van der Waals surface area contributed by atoms with Gasteiger partial charge in [-0.05, 0) is 32.5 Å². The molecule has 1 aromatic rings. The lowest BCUT2D eigenvalue weighted by atomic mass is 10.1. The van der Waals surface area contributed by atoms with E-state index in [2.05, 4.69) is 64.0 Å². The Balaban J connectivity index is 2.80. The van der Waals surface area contributed by atoms with Gasteiger partial charge in [0.1, 0.15) is 6.54 Å². The maximum atomic E-state index is 11.6. The van der Waals surface area contributed by atoms with Gasteiger partial charge in [0.2, 0.25) is 5.91 Å². The predicted molar refractivity (Wildman–Crippen MR) is 105 cm³/mol. The normalized spacial score (nSPS) is 12.8. The number of nitrogens with zero attached hydrogens (tertiary/aromatic N) is 2. The lowest BCUT2D eigenvalue weighted by Gasteiger charge is -2.30. The molecule has 0 heterocycles. The van der Waals surface area contributed by atoms with E-state index in [1.54, 1.807) is 0 Å². The second-order valence-corrected chi connectivity index (χ2v) is 5.68. The van der Waals surface area contributed by atoms with E-state index in [4.69, 9.17) is 0 Å². The molecule has 1 aromatic carbocycles. The van der Waals surface area contributed by atoms with Gasteiger partial charge in [-0.15, -0.1) is 0 Å². The van der Waals surface area contributed by atoms with Crippen molar-refractivity contribution < 1.29 is 4.79 Å². The Hall–Kier alpha value is -2.08. The summed E-state index contributed by atoms with van der Waals surface area (Å²) in [7, 11) is 0. The number of nitrogens with one attached hydrogen (secondary N) is 3. The van der Waals surface area contributed by atoms with E-state index in [-0.39, 0.29) is 18.5 Å². The number of likely N-dealkylation sites (N-methyl/N-ethyl adjacent to an activating group) is 2. The monoisotopic (exact) mass is 347 g/mol. The topological polar surface area (TPSA) is 68.8 Å². The number of hydrogen-bond donors (Lipinski definition) is 3. The summed E-state index contributed by atoms with van der Waals surface area (Å²) in [5.74, 6) is 0.602. The summed E-state index contributed by atoms with van der Waals surface area (Å²) in [5, 5.41) is 9.35. The number of guanidine groups is 1. The number of benzene rings is 1. The molecule has 140 valence electrons. The number of carbonyl (C=O) groups excluding carboxylic acids is 1. The zero-order chi connectivity index (χ0) is 18.5. The fourth-order valence-corrected chi connectivity index (χ4v) is 2.74. The van der Waals surface area contributed by atoms with Gasteiger partial charge in [0.25, 0.3) is 0 Å². The molecule has 3 N–H and O–H groups in total. The van der Waals surface area contributed by atoms with Crippen LogP contribution in [0.1, 0.15) is 39.3 Å². The van der Waals surface area contributed by atoms with Crippen molar-refractivity contribution in [2.24, 2.45) is 4.99 Å². The first-order chi connectivity index (χ1) is 12.2. The highest BCUT2D eigenvalue weighted by Gasteiger charge is 2.18. The first-order valence-electron chi connectivity index (χ1n) is 9.23. The average molecular weight is 348 g/mol. The summed E-state index contributed by atoms with van der Waals surface area (Å²) in [4.78, 5) is 18.4. The van der Waals surface area contributed by atoms with Crippen LogP contribution < -0.4 is 16.0 Å². The minimum Gasteiger partial charge on any atom is -0.357 e. The summed E-state index contributed by atoms with van der Waals surface area (Å²) in [6.07, 6.45) is 0. The fourth-order valence-electron chi connectivity index (χ4n) is 2.74. The van der Waals surface area contributed by atoms with Gasteiger partial charge in [0.05, 0.1) is 6.04 Å². The van der Waals surface area contributed by atoms with Gasteiger partial charge in [-0.2, -0.15) is 0 Å². The van der Waals surface area contributed by atoms with Crippen molar-refractivity contribution in [1.82, 2.24) is 20.9 Å². The second kappa shape index (κ2) is 12.3. The third-order valence-electron chi connectivity index (χ3n) is 4.00. The summed E-state index contributed by atoms with van der Waals surface area (Å²) in [5.41, 5.74) is 1.28. The van der Waals surface area contributed by atoms with Crippen LogP contribution in [0, 0.1) is 0 Å². The molecule has 0 aromatic heterocycles. The van der Waals surface area contributed by atoms with Crippen LogP contribution in [-0.2, 0) is 4.79 Å². The van der Waals surface area contributed by atoms with Crippen LogP contribution in [0.2, 0.25) is 0 Å². The molecule has 0 aliphatic rings. The Bertz CT molecular complexity index is 514. The van der Waals surface area contributed by atoms with E-state index in [1.165, 1.54) is 5.56 Å². The Kier molecular flexibility index (Phi) is 10.3. The number of rotatable bonds is 10. The van der Waals surface area contributed by atoms with E-state index >= 15 is 0 Å². The number of amides is 1.